The number of hydrogen-bond acceptors (Lipinski definition) is 4. The fraction of sp³-hybridized carbons (Fsp3) is 0.438. The quantitative estimate of drug-likeness (QED) is 0.830. The second-order valence-corrected chi connectivity index (χ2v) is 5.43. The number of hydrogen-bond donors (Lipinski definition) is 1. The van der Waals surface area contributed by atoms with Crippen LogP contribution in [-0.2, 0) is 19.1 Å². The summed E-state index contributed by atoms with van der Waals surface area (Å²) in [6.07, 6.45) is 2.92. The Hall–Kier alpha value is -2.51. The number of anilines is 1. The van der Waals surface area contributed by atoms with Crippen molar-refractivity contribution in [2.24, 2.45) is 0 Å². The molecule has 0 aliphatic carbocycles. The molecule has 1 aromatic carbocycles. The Labute approximate surface area is 137 Å². The second-order valence-electron chi connectivity index (χ2n) is 5.43. The largest absolute Gasteiger partial charge is 0.454 e. The molecule has 2 amide bonds. The lowest BCUT2D eigenvalue weighted by Crippen LogP contribution is -2.36. The van der Waals surface area contributed by atoms with Crippen molar-refractivity contribution < 1.29 is 27.9 Å². The molecule has 0 radical (unpaired) electrons. The van der Waals surface area contributed by atoms with E-state index in [2.05, 4.69) is 0 Å². The van der Waals surface area contributed by atoms with Crippen LogP contribution in [0.1, 0.15) is 25.7 Å². The topological polar surface area (TPSA) is 75.7 Å². The molecule has 1 aromatic rings. The summed E-state index contributed by atoms with van der Waals surface area (Å²) in [5.74, 6) is -3.58. The van der Waals surface area contributed by atoms with E-state index in [1.54, 1.807) is 0 Å². The fourth-order valence-electron chi connectivity index (χ4n) is 2.35. The van der Waals surface area contributed by atoms with Crippen molar-refractivity contribution in [3.63, 3.8) is 0 Å². The Morgan fingerprint density at radius 2 is 1.88 bits per heavy atom. The number of benzene rings is 1. The number of nitrogens with one attached hydrogen (secondary N) is 1. The van der Waals surface area contributed by atoms with Crippen LogP contribution in [0, 0.1) is 11.6 Å². The van der Waals surface area contributed by atoms with Crippen molar-refractivity contribution >= 4 is 23.5 Å². The minimum Gasteiger partial charge on any atom is -0.454 e. The van der Waals surface area contributed by atoms with E-state index in [0.29, 0.717) is 13.0 Å². The summed E-state index contributed by atoms with van der Waals surface area (Å²) in [6, 6.07) is 3.16. The molecule has 130 valence electrons. The lowest BCUT2D eigenvalue weighted by Gasteiger charge is -2.19. The summed E-state index contributed by atoms with van der Waals surface area (Å²) in [5.41, 5.74) is -0.596. The van der Waals surface area contributed by atoms with Gasteiger partial charge in [0.25, 0.3) is 5.91 Å². The van der Waals surface area contributed by atoms with Gasteiger partial charge < -0.3 is 15.0 Å². The van der Waals surface area contributed by atoms with Crippen molar-refractivity contribution in [2.75, 3.05) is 25.0 Å². The number of rotatable bonds is 5. The minimum atomic E-state index is -0.926. The van der Waals surface area contributed by atoms with Gasteiger partial charge in [0.15, 0.2) is 6.61 Å². The standard InChI is InChI=1S/C16H18F2N2O4/c17-11-5-4-6-12(18)16(11)19-13(21)10-24-15(23)9-20-8-3-1-2-7-14(20)22/h4-6H,1-3,7-10H2,(H,19,21). The number of amides is 2. The predicted octanol–water partition coefficient (Wildman–Crippen LogP) is 1.85. The zero-order valence-corrected chi connectivity index (χ0v) is 13.0. The highest BCUT2D eigenvalue weighted by Crippen LogP contribution is 2.17. The first-order valence-electron chi connectivity index (χ1n) is 7.64. The molecule has 1 heterocycles. The maximum atomic E-state index is 13.4. The van der Waals surface area contributed by atoms with Crippen molar-refractivity contribution in [2.45, 2.75) is 25.7 Å². The third-order valence-corrected chi connectivity index (χ3v) is 3.58. The molecule has 8 heteroatoms. The van der Waals surface area contributed by atoms with E-state index in [9.17, 15) is 23.2 Å². The Kier molecular flexibility index (Phi) is 6.22. The van der Waals surface area contributed by atoms with Gasteiger partial charge in [0.2, 0.25) is 5.91 Å². The van der Waals surface area contributed by atoms with Gasteiger partial charge >= 0.3 is 5.97 Å². The predicted molar refractivity (Wildman–Crippen MR) is 81.0 cm³/mol. The average Bonchev–Trinajstić information content (AvgIpc) is 2.74. The molecule has 24 heavy (non-hydrogen) atoms. The summed E-state index contributed by atoms with van der Waals surface area (Å²) in [7, 11) is 0. The lowest BCUT2D eigenvalue weighted by atomic mass is 10.2. The number of nitrogens with zero attached hydrogens (tertiary/aromatic N) is 1. The molecule has 6 nitrogen and oxygen atoms in total. The SMILES string of the molecule is O=C(COC(=O)CN1CCCCCC1=O)Nc1c(F)cccc1F. The zero-order chi connectivity index (χ0) is 17.5. The van der Waals surface area contributed by atoms with Crippen LogP contribution >= 0.6 is 0 Å². The van der Waals surface area contributed by atoms with Crippen LogP contribution in [0.25, 0.3) is 0 Å². The van der Waals surface area contributed by atoms with Crippen molar-refractivity contribution in [3.05, 3.63) is 29.8 Å². The highest BCUT2D eigenvalue weighted by atomic mass is 19.1. The molecule has 0 saturated carbocycles. The second kappa shape index (κ2) is 8.37. The Morgan fingerprint density at radius 3 is 2.58 bits per heavy atom. The smallest absolute Gasteiger partial charge is 0.326 e. The first-order chi connectivity index (χ1) is 11.5. The Balaban J connectivity index is 1.80. The molecular weight excluding hydrogens is 322 g/mol. The first-order valence-corrected chi connectivity index (χ1v) is 7.64. The summed E-state index contributed by atoms with van der Waals surface area (Å²) in [4.78, 5) is 36.5. The molecular formula is C16H18F2N2O4. The third kappa shape index (κ3) is 5.00. The van der Waals surface area contributed by atoms with E-state index in [1.807, 2.05) is 5.32 Å². The number of ether oxygens (including phenoxy) is 1. The number of carbonyl (C=O) groups is 3. The van der Waals surface area contributed by atoms with Crippen LogP contribution < -0.4 is 5.32 Å². The van der Waals surface area contributed by atoms with Gasteiger partial charge in [0.1, 0.15) is 23.9 Å². The fourth-order valence-corrected chi connectivity index (χ4v) is 2.35. The van der Waals surface area contributed by atoms with Gasteiger partial charge in [-0.15, -0.1) is 0 Å². The summed E-state index contributed by atoms with van der Waals surface area (Å²) >= 11 is 0. The van der Waals surface area contributed by atoms with E-state index in [-0.39, 0.29) is 12.5 Å². The highest BCUT2D eigenvalue weighted by Gasteiger charge is 2.20. The Bertz CT molecular complexity index is 616. The van der Waals surface area contributed by atoms with Crippen molar-refractivity contribution in [1.82, 2.24) is 4.90 Å². The van der Waals surface area contributed by atoms with Gasteiger partial charge in [-0.25, -0.2) is 8.78 Å². The number of likely N-dealkylation sites (tertiary alicyclic amines) is 1. The van der Waals surface area contributed by atoms with Crippen LogP contribution in [0.15, 0.2) is 18.2 Å². The molecule has 1 fully saturated rings. The molecule has 1 N–H and O–H groups in total. The van der Waals surface area contributed by atoms with Crippen molar-refractivity contribution in [3.8, 4) is 0 Å². The van der Waals surface area contributed by atoms with Gasteiger partial charge in [-0.1, -0.05) is 12.5 Å². The average molecular weight is 340 g/mol. The summed E-state index contributed by atoms with van der Waals surface area (Å²) < 4.78 is 31.5. The molecule has 1 aliphatic heterocycles. The summed E-state index contributed by atoms with van der Waals surface area (Å²) in [6.45, 7) is -0.449. The summed E-state index contributed by atoms with van der Waals surface area (Å²) in [5, 5.41) is 2.01. The molecule has 0 aromatic heterocycles. The number of carbonyl (C=O) groups excluding carboxylic acids is 3. The monoisotopic (exact) mass is 340 g/mol. The molecule has 0 unspecified atom stereocenters. The molecule has 2 rings (SSSR count). The molecule has 1 aliphatic rings. The molecule has 0 atom stereocenters. The normalized spacial score (nSPS) is 14.9. The number of para-hydroxylation sites is 1. The van der Waals surface area contributed by atoms with Crippen LogP contribution in [0.2, 0.25) is 0 Å². The van der Waals surface area contributed by atoms with E-state index < -0.39 is 35.8 Å². The molecule has 0 spiro atoms. The van der Waals surface area contributed by atoms with Gasteiger partial charge in [-0.05, 0) is 25.0 Å². The number of esters is 1. The highest BCUT2D eigenvalue weighted by molar-refractivity contribution is 5.93. The first kappa shape index (κ1) is 17.8. The van der Waals surface area contributed by atoms with Gasteiger partial charge in [-0.3, -0.25) is 14.4 Å². The zero-order valence-electron chi connectivity index (χ0n) is 13.0. The van der Waals surface area contributed by atoms with Crippen LogP contribution in [0.3, 0.4) is 0 Å². The Morgan fingerprint density at radius 1 is 1.17 bits per heavy atom. The lowest BCUT2D eigenvalue weighted by molar-refractivity contribution is -0.151. The maximum Gasteiger partial charge on any atom is 0.326 e. The van der Waals surface area contributed by atoms with E-state index in [0.717, 1.165) is 31.4 Å². The van der Waals surface area contributed by atoms with Crippen LogP contribution in [-0.4, -0.2) is 42.4 Å². The van der Waals surface area contributed by atoms with Crippen molar-refractivity contribution in [1.29, 1.82) is 0 Å². The van der Waals surface area contributed by atoms with E-state index in [4.69, 9.17) is 4.74 Å². The number of halogens is 2. The molecule has 0 bridgehead atoms. The van der Waals surface area contributed by atoms with Gasteiger partial charge in [-0.2, -0.15) is 0 Å². The maximum absolute atomic E-state index is 13.4. The van der Waals surface area contributed by atoms with Crippen LogP contribution in [0.5, 0.6) is 0 Å². The minimum absolute atomic E-state index is 0.123. The van der Waals surface area contributed by atoms with Gasteiger partial charge in [0, 0.05) is 13.0 Å². The third-order valence-electron chi connectivity index (χ3n) is 3.58. The van der Waals surface area contributed by atoms with Crippen LogP contribution in [0.4, 0.5) is 14.5 Å². The van der Waals surface area contributed by atoms with E-state index >= 15 is 0 Å². The molecule has 1 saturated heterocycles. The van der Waals surface area contributed by atoms with E-state index in [1.165, 1.54) is 11.0 Å². The van der Waals surface area contributed by atoms with Gasteiger partial charge in [0.05, 0.1) is 0 Å².